The molecule has 3 fully saturated rings. The molecule has 0 N–H and O–H groups in total. The molecule has 0 heterocycles. The van der Waals surface area contributed by atoms with E-state index in [0.29, 0.717) is 34.4 Å². The average Bonchev–Trinajstić information content (AvgIpc) is 3.11. The van der Waals surface area contributed by atoms with E-state index >= 15 is 0 Å². The average molecular weight is 439 g/mol. The van der Waals surface area contributed by atoms with Crippen LogP contribution in [0.2, 0.25) is 0 Å². The summed E-state index contributed by atoms with van der Waals surface area (Å²) in [5, 5.41) is 0. The molecule has 32 heavy (non-hydrogen) atoms. The molecule has 4 aliphatic carbocycles. The summed E-state index contributed by atoms with van der Waals surface area (Å²) >= 11 is 0. The van der Waals surface area contributed by atoms with Crippen LogP contribution in [-0.4, -0.2) is 5.78 Å². The van der Waals surface area contributed by atoms with Crippen molar-refractivity contribution < 1.29 is 4.79 Å². The van der Waals surface area contributed by atoms with Gasteiger partial charge in [0.1, 0.15) is 5.78 Å². The van der Waals surface area contributed by atoms with Gasteiger partial charge in [-0.15, -0.1) is 0 Å². The van der Waals surface area contributed by atoms with Gasteiger partial charge in [0.25, 0.3) is 0 Å². The maximum Gasteiger partial charge on any atom is 0.136 e. The van der Waals surface area contributed by atoms with Gasteiger partial charge in [0.15, 0.2) is 0 Å². The lowest BCUT2D eigenvalue weighted by Crippen LogP contribution is -2.52. The third-order valence-corrected chi connectivity index (χ3v) is 11.4. The largest absolute Gasteiger partial charge is 0.299 e. The normalized spacial score (nSPS) is 42.9. The zero-order chi connectivity index (χ0) is 23.3. The first kappa shape index (κ1) is 24.3. The molecular formula is C31H50O. The zero-order valence-corrected chi connectivity index (χ0v) is 22.2. The Morgan fingerprint density at radius 3 is 2.47 bits per heavy atom. The summed E-state index contributed by atoms with van der Waals surface area (Å²) < 4.78 is 0. The number of fused-ring (bicyclic) bond motifs is 5. The summed E-state index contributed by atoms with van der Waals surface area (Å²) in [5.41, 5.74) is 4.34. The maximum atomic E-state index is 12.7. The van der Waals surface area contributed by atoms with E-state index < -0.39 is 0 Å². The molecule has 8 atom stereocenters. The highest BCUT2D eigenvalue weighted by molar-refractivity contribution is 5.82. The van der Waals surface area contributed by atoms with Crippen molar-refractivity contribution in [3.63, 3.8) is 0 Å². The van der Waals surface area contributed by atoms with Crippen molar-refractivity contribution in [1.82, 2.24) is 0 Å². The molecule has 0 aromatic rings. The number of hydrogen-bond donors (Lipinski definition) is 0. The molecule has 0 spiro atoms. The van der Waals surface area contributed by atoms with Gasteiger partial charge in [-0.3, -0.25) is 4.79 Å². The Morgan fingerprint density at radius 2 is 1.81 bits per heavy atom. The van der Waals surface area contributed by atoms with Gasteiger partial charge in [-0.1, -0.05) is 64.8 Å². The van der Waals surface area contributed by atoms with E-state index in [4.69, 9.17) is 0 Å². The number of carbonyl (C=O) groups excluding carboxylic acids is 1. The van der Waals surface area contributed by atoms with Crippen LogP contribution in [0.15, 0.2) is 23.3 Å². The lowest BCUT2D eigenvalue weighted by Gasteiger charge is -2.58. The van der Waals surface area contributed by atoms with Crippen molar-refractivity contribution in [1.29, 1.82) is 0 Å². The van der Waals surface area contributed by atoms with Crippen molar-refractivity contribution in [2.45, 2.75) is 113 Å². The second kappa shape index (κ2) is 9.07. The van der Waals surface area contributed by atoms with E-state index in [0.717, 1.165) is 42.9 Å². The minimum absolute atomic E-state index is 0.318. The highest BCUT2D eigenvalue weighted by Gasteiger charge is 2.59. The molecule has 0 aromatic heterocycles. The van der Waals surface area contributed by atoms with E-state index in [2.05, 4.69) is 60.6 Å². The standard InChI is InChI=1S/C31H50O/c1-8-22(20(3)4)11-10-21(5)25-14-15-27-24-12-13-26-23(9-2)29(32)17-19-31(26,7)28(24)16-18-30(25,27)6/h8,12,20-21,23,25-28H,9-11,13-19H2,1-7H3/t21-,23-,25-,26?,27+,28+,30-,31+/m1/s1. The number of carbonyl (C=O) groups is 1. The third-order valence-electron chi connectivity index (χ3n) is 11.4. The molecule has 3 saturated carbocycles. The van der Waals surface area contributed by atoms with Crippen LogP contribution in [0, 0.1) is 52.3 Å². The Balaban J connectivity index is 1.53. The van der Waals surface area contributed by atoms with E-state index in [1.165, 1.54) is 44.9 Å². The van der Waals surface area contributed by atoms with Crippen LogP contribution in [0.1, 0.15) is 113 Å². The minimum Gasteiger partial charge on any atom is -0.299 e. The van der Waals surface area contributed by atoms with Crippen molar-refractivity contribution >= 4 is 5.78 Å². The van der Waals surface area contributed by atoms with Crippen molar-refractivity contribution in [3.05, 3.63) is 23.3 Å². The van der Waals surface area contributed by atoms with E-state index in [-0.39, 0.29) is 0 Å². The molecular weight excluding hydrogens is 388 g/mol. The fourth-order valence-corrected chi connectivity index (χ4v) is 9.42. The molecule has 4 rings (SSSR count). The zero-order valence-electron chi connectivity index (χ0n) is 22.2. The fraction of sp³-hybridized carbons (Fsp3) is 0.839. The number of Topliss-reactive ketones (excluding diaryl/α,β-unsaturated/α-hetero) is 1. The number of rotatable bonds is 6. The second-order valence-corrected chi connectivity index (χ2v) is 12.9. The topological polar surface area (TPSA) is 17.1 Å². The third kappa shape index (κ3) is 3.78. The molecule has 0 radical (unpaired) electrons. The van der Waals surface area contributed by atoms with Gasteiger partial charge >= 0.3 is 0 Å². The summed E-state index contributed by atoms with van der Waals surface area (Å²) in [6, 6.07) is 0. The number of ketones is 1. The van der Waals surface area contributed by atoms with Gasteiger partial charge in [-0.05, 0) is 111 Å². The van der Waals surface area contributed by atoms with Gasteiger partial charge in [-0.2, -0.15) is 0 Å². The van der Waals surface area contributed by atoms with Crippen molar-refractivity contribution in [2.24, 2.45) is 52.3 Å². The Bertz CT molecular complexity index is 771. The van der Waals surface area contributed by atoms with Gasteiger partial charge in [0.05, 0.1) is 0 Å². The Labute approximate surface area is 198 Å². The second-order valence-electron chi connectivity index (χ2n) is 12.9. The van der Waals surface area contributed by atoms with Crippen molar-refractivity contribution in [2.75, 3.05) is 0 Å². The Hall–Kier alpha value is -0.850. The van der Waals surface area contributed by atoms with Crippen LogP contribution in [-0.2, 0) is 4.79 Å². The molecule has 4 aliphatic rings. The van der Waals surface area contributed by atoms with Crippen LogP contribution in [0.5, 0.6) is 0 Å². The summed E-state index contributed by atoms with van der Waals surface area (Å²) in [5.74, 6) is 5.40. The fourth-order valence-electron chi connectivity index (χ4n) is 9.42. The lowest BCUT2D eigenvalue weighted by molar-refractivity contribution is -0.135. The van der Waals surface area contributed by atoms with Crippen LogP contribution >= 0.6 is 0 Å². The number of allylic oxidation sites excluding steroid dienone is 4. The molecule has 0 aromatic carbocycles. The quantitative estimate of drug-likeness (QED) is 0.379. The van der Waals surface area contributed by atoms with E-state index in [1.54, 1.807) is 5.57 Å². The lowest BCUT2D eigenvalue weighted by atomic mass is 9.46. The molecule has 0 bridgehead atoms. The molecule has 0 amide bonds. The Morgan fingerprint density at radius 1 is 1.09 bits per heavy atom. The number of hydrogen-bond acceptors (Lipinski definition) is 1. The first-order chi connectivity index (χ1) is 15.2. The monoisotopic (exact) mass is 438 g/mol. The minimum atomic E-state index is 0.318. The molecule has 0 aliphatic heterocycles. The van der Waals surface area contributed by atoms with Gasteiger partial charge in [0.2, 0.25) is 0 Å². The molecule has 1 unspecified atom stereocenters. The molecule has 0 saturated heterocycles. The van der Waals surface area contributed by atoms with E-state index in [9.17, 15) is 4.79 Å². The summed E-state index contributed by atoms with van der Waals surface area (Å²) in [6.45, 7) is 17.0. The summed E-state index contributed by atoms with van der Waals surface area (Å²) in [6.07, 6.45) is 17.5. The molecule has 1 heteroatoms. The van der Waals surface area contributed by atoms with Gasteiger partial charge < -0.3 is 0 Å². The van der Waals surface area contributed by atoms with Gasteiger partial charge in [-0.25, -0.2) is 0 Å². The highest BCUT2D eigenvalue weighted by atomic mass is 16.1. The predicted molar refractivity (Wildman–Crippen MR) is 136 cm³/mol. The smallest absolute Gasteiger partial charge is 0.136 e. The SMILES string of the molecule is CC=C(CC[C@@H](C)[C@H]1CC[C@H]2C3=CCC4[C@@H](CC)C(=O)CC[C@]4(C)[C@H]3CC[C@]12C)C(C)C. The van der Waals surface area contributed by atoms with Crippen LogP contribution in [0.3, 0.4) is 0 Å². The molecule has 1 nitrogen and oxygen atoms in total. The predicted octanol–water partition coefficient (Wildman–Crippen LogP) is 8.79. The first-order valence-electron chi connectivity index (χ1n) is 14.0. The summed E-state index contributed by atoms with van der Waals surface area (Å²) in [7, 11) is 0. The van der Waals surface area contributed by atoms with Crippen LogP contribution in [0.4, 0.5) is 0 Å². The van der Waals surface area contributed by atoms with Crippen LogP contribution in [0.25, 0.3) is 0 Å². The van der Waals surface area contributed by atoms with E-state index in [1.807, 2.05) is 5.57 Å². The summed E-state index contributed by atoms with van der Waals surface area (Å²) in [4.78, 5) is 12.7. The van der Waals surface area contributed by atoms with Crippen LogP contribution < -0.4 is 0 Å². The first-order valence-corrected chi connectivity index (χ1v) is 14.0. The maximum absolute atomic E-state index is 12.7. The van der Waals surface area contributed by atoms with Gasteiger partial charge in [0, 0.05) is 12.3 Å². The Kier molecular flexibility index (Phi) is 6.88. The highest BCUT2D eigenvalue weighted by Crippen LogP contribution is 2.67. The molecule has 180 valence electrons. The van der Waals surface area contributed by atoms with Crippen molar-refractivity contribution in [3.8, 4) is 0 Å².